The first kappa shape index (κ1) is 24.4. The Hall–Kier alpha value is -2.86. The van der Waals surface area contributed by atoms with Crippen LogP contribution in [0.3, 0.4) is 0 Å². The van der Waals surface area contributed by atoms with Crippen molar-refractivity contribution in [2.24, 2.45) is 0 Å². The van der Waals surface area contributed by atoms with E-state index >= 15 is 0 Å². The fraction of sp³-hybridized carbons (Fsp3) is 0.440. The summed E-state index contributed by atoms with van der Waals surface area (Å²) in [7, 11) is 1.63. The van der Waals surface area contributed by atoms with Gasteiger partial charge in [0.2, 0.25) is 0 Å². The zero-order valence-electron chi connectivity index (χ0n) is 19.2. The molecule has 2 rings (SSSR count). The van der Waals surface area contributed by atoms with Gasteiger partial charge in [-0.2, -0.15) is 0 Å². The molecule has 0 bridgehead atoms. The van der Waals surface area contributed by atoms with E-state index in [-0.39, 0.29) is 24.5 Å². The van der Waals surface area contributed by atoms with Gasteiger partial charge >= 0.3 is 6.09 Å². The van der Waals surface area contributed by atoms with E-state index in [1.54, 1.807) is 7.11 Å². The zero-order chi connectivity index (χ0) is 22.9. The summed E-state index contributed by atoms with van der Waals surface area (Å²) in [5.74, 6) is 0.843. The maximum Gasteiger partial charge on any atom is 0.407 e. The lowest BCUT2D eigenvalue weighted by molar-refractivity contribution is 0.0883. The van der Waals surface area contributed by atoms with E-state index in [2.05, 4.69) is 5.32 Å². The lowest BCUT2D eigenvalue weighted by Crippen LogP contribution is -2.42. The monoisotopic (exact) mass is 426 g/mol. The molecule has 2 aromatic carbocycles. The highest BCUT2D eigenvalue weighted by atomic mass is 16.5. The number of nitrogens with one attached hydrogen (secondary N) is 1. The Balaban J connectivity index is 2.07. The molecule has 168 valence electrons. The average Bonchev–Trinajstić information content (AvgIpc) is 2.72. The standard InChI is InChI=1S/C25H34N2O4/c1-6-20-9-7-8-10-22(20)23(28)18-27(15-16-31-24(29)26-25(2,3)4)17-19-11-13-21(30-5)14-12-19/h7-14H,6,15-18H2,1-5H3,(H,26,29). The number of nitrogens with zero attached hydrogens (tertiary/aromatic N) is 1. The SMILES string of the molecule is CCc1ccccc1C(=O)CN(CCOC(=O)NC(C)(C)C)Cc1ccc(OC)cc1. The normalized spacial score (nSPS) is 11.3. The van der Waals surface area contributed by atoms with Crippen LogP contribution in [0.1, 0.15) is 49.2 Å². The number of amides is 1. The molecule has 0 radical (unpaired) electrons. The van der Waals surface area contributed by atoms with E-state index in [1.165, 1.54) is 0 Å². The number of benzene rings is 2. The van der Waals surface area contributed by atoms with Crippen LogP contribution in [0.5, 0.6) is 5.75 Å². The van der Waals surface area contributed by atoms with E-state index in [4.69, 9.17) is 9.47 Å². The molecular weight excluding hydrogens is 392 g/mol. The third kappa shape index (κ3) is 8.42. The molecule has 0 fully saturated rings. The van der Waals surface area contributed by atoms with Gasteiger partial charge in [-0.15, -0.1) is 0 Å². The lowest BCUT2D eigenvalue weighted by Gasteiger charge is -2.24. The van der Waals surface area contributed by atoms with Crippen LogP contribution in [0.25, 0.3) is 0 Å². The van der Waals surface area contributed by atoms with Gasteiger partial charge in [-0.1, -0.05) is 43.3 Å². The Morgan fingerprint density at radius 1 is 1.03 bits per heavy atom. The van der Waals surface area contributed by atoms with Gasteiger partial charge in [0.1, 0.15) is 12.4 Å². The molecule has 0 aliphatic rings. The molecule has 31 heavy (non-hydrogen) atoms. The Kier molecular flexibility index (Phi) is 9.06. The summed E-state index contributed by atoms with van der Waals surface area (Å²) >= 11 is 0. The van der Waals surface area contributed by atoms with Crippen molar-refractivity contribution in [1.29, 1.82) is 0 Å². The van der Waals surface area contributed by atoms with Crippen molar-refractivity contribution in [2.75, 3.05) is 26.8 Å². The minimum Gasteiger partial charge on any atom is -0.497 e. The fourth-order valence-corrected chi connectivity index (χ4v) is 3.20. The van der Waals surface area contributed by atoms with Crippen molar-refractivity contribution in [3.8, 4) is 5.75 Å². The molecule has 1 amide bonds. The van der Waals surface area contributed by atoms with E-state index < -0.39 is 6.09 Å². The van der Waals surface area contributed by atoms with Gasteiger partial charge in [0, 0.05) is 24.2 Å². The fourth-order valence-electron chi connectivity index (χ4n) is 3.20. The Labute approximate surface area is 185 Å². The van der Waals surface area contributed by atoms with E-state index in [0.29, 0.717) is 13.1 Å². The molecule has 2 aromatic rings. The van der Waals surface area contributed by atoms with Crippen LogP contribution in [-0.2, 0) is 17.7 Å². The molecule has 0 saturated carbocycles. The predicted molar refractivity (Wildman–Crippen MR) is 123 cm³/mol. The van der Waals surface area contributed by atoms with Gasteiger partial charge < -0.3 is 14.8 Å². The second-order valence-corrected chi connectivity index (χ2v) is 8.50. The number of aryl methyl sites for hydroxylation is 1. The summed E-state index contributed by atoms with van der Waals surface area (Å²) < 4.78 is 10.6. The quantitative estimate of drug-likeness (QED) is 0.568. The highest BCUT2D eigenvalue weighted by Gasteiger charge is 2.18. The summed E-state index contributed by atoms with van der Waals surface area (Å²) in [6, 6.07) is 15.4. The number of hydrogen-bond donors (Lipinski definition) is 1. The van der Waals surface area contributed by atoms with Gasteiger partial charge in [-0.05, 0) is 50.5 Å². The molecular formula is C25H34N2O4. The number of carbonyl (C=O) groups excluding carboxylic acids is 2. The molecule has 1 N–H and O–H groups in total. The van der Waals surface area contributed by atoms with Gasteiger partial charge in [-0.3, -0.25) is 9.69 Å². The highest BCUT2D eigenvalue weighted by molar-refractivity contribution is 5.99. The van der Waals surface area contributed by atoms with Crippen molar-refractivity contribution in [2.45, 2.75) is 46.2 Å². The van der Waals surface area contributed by atoms with Crippen LogP contribution in [0.15, 0.2) is 48.5 Å². The number of ketones is 1. The molecule has 0 aliphatic carbocycles. The molecule has 6 nitrogen and oxygen atoms in total. The number of carbonyl (C=O) groups is 2. The number of alkyl carbamates (subject to hydrolysis) is 1. The van der Waals surface area contributed by atoms with E-state index in [0.717, 1.165) is 28.9 Å². The van der Waals surface area contributed by atoms with Crippen molar-refractivity contribution in [3.05, 3.63) is 65.2 Å². The van der Waals surface area contributed by atoms with Gasteiger partial charge in [0.05, 0.1) is 13.7 Å². The minimum atomic E-state index is -0.459. The first-order valence-corrected chi connectivity index (χ1v) is 10.6. The van der Waals surface area contributed by atoms with Crippen molar-refractivity contribution in [3.63, 3.8) is 0 Å². The van der Waals surface area contributed by atoms with Crippen LogP contribution in [0.2, 0.25) is 0 Å². The Morgan fingerprint density at radius 2 is 1.71 bits per heavy atom. The molecule has 0 aromatic heterocycles. The van der Waals surface area contributed by atoms with Gasteiger partial charge in [0.15, 0.2) is 5.78 Å². The van der Waals surface area contributed by atoms with Crippen molar-refractivity contribution in [1.82, 2.24) is 10.2 Å². The highest BCUT2D eigenvalue weighted by Crippen LogP contribution is 2.15. The second kappa shape index (κ2) is 11.5. The van der Waals surface area contributed by atoms with Gasteiger partial charge in [0.25, 0.3) is 0 Å². The number of methoxy groups -OCH3 is 1. The van der Waals surface area contributed by atoms with E-state index in [9.17, 15) is 9.59 Å². The molecule has 0 aliphatic heterocycles. The summed E-state index contributed by atoms with van der Waals surface area (Å²) in [5, 5.41) is 2.78. The molecule has 0 atom stereocenters. The Morgan fingerprint density at radius 3 is 2.32 bits per heavy atom. The van der Waals surface area contributed by atoms with Crippen molar-refractivity contribution >= 4 is 11.9 Å². The average molecular weight is 427 g/mol. The maximum atomic E-state index is 13.0. The van der Waals surface area contributed by atoms with Crippen LogP contribution < -0.4 is 10.1 Å². The topological polar surface area (TPSA) is 67.9 Å². The summed E-state index contributed by atoms with van der Waals surface area (Å²) in [6.45, 7) is 9.19. The predicted octanol–water partition coefficient (Wildman–Crippen LogP) is 4.47. The molecule has 0 spiro atoms. The third-order valence-corrected chi connectivity index (χ3v) is 4.75. The van der Waals surface area contributed by atoms with Crippen molar-refractivity contribution < 1.29 is 19.1 Å². The largest absolute Gasteiger partial charge is 0.497 e. The molecule has 0 unspecified atom stereocenters. The van der Waals surface area contributed by atoms with Crippen LogP contribution in [-0.4, -0.2) is 49.1 Å². The summed E-state index contributed by atoms with van der Waals surface area (Å²) in [4.78, 5) is 27.0. The number of ether oxygens (including phenoxy) is 2. The van der Waals surface area contributed by atoms with Crippen LogP contribution >= 0.6 is 0 Å². The third-order valence-electron chi connectivity index (χ3n) is 4.75. The first-order chi connectivity index (χ1) is 14.7. The molecule has 6 heteroatoms. The number of rotatable bonds is 10. The molecule has 0 heterocycles. The second-order valence-electron chi connectivity index (χ2n) is 8.50. The van der Waals surface area contributed by atoms with Crippen LogP contribution in [0.4, 0.5) is 4.79 Å². The number of hydrogen-bond acceptors (Lipinski definition) is 5. The van der Waals surface area contributed by atoms with E-state index in [1.807, 2.05) is 81.1 Å². The molecule has 0 saturated heterocycles. The van der Waals surface area contributed by atoms with Crippen LogP contribution in [0, 0.1) is 0 Å². The first-order valence-electron chi connectivity index (χ1n) is 10.6. The van der Waals surface area contributed by atoms with Gasteiger partial charge in [-0.25, -0.2) is 4.79 Å². The number of Topliss-reactive ketones (excluding diaryl/α,β-unsaturated/α-hetero) is 1. The zero-order valence-corrected chi connectivity index (χ0v) is 19.2. The summed E-state index contributed by atoms with van der Waals surface area (Å²) in [6.07, 6.45) is 0.343. The minimum absolute atomic E-state index is 0.0603. The Bertz CT molecular complexity index is 857. The maximum absolute atomic E-state index is 13.0. The summed E-state index contributed by atoms with van der Waals surface area (Å²) in [5.41, 5.74) is 2.48. The lowest BCUT2D eigenvalue weighted by atomic mass is 10.0. The smallest absolute Gasteiger partial charge is 0.407 e.